The summed E-state index contributed by atoms with van der Waals surface area (Å²) >= 11 is 0. The molecular weight excluding hydrogens is 401 g/mol. The standard InChI is InChI=1S/C19H17F3N6S/c1-3-29(24)14-7-11(18(10-23)4-5-18)8-25-15(14)17-27-13-6-12(19(20,21)22)9-26-16(13)28(17)2/h6-9,24H,3-5H2,1-2H3. The molecule has 6 nitrogen and oxygen atoms in total. The number of rotatable bonds is 4. The maximum Gasteiger partial charge on any atom is 0.417 e. The Morgan fingerprint density at radius 3 is 2.59 bits per heavy atom. The highest BCUT2D eigenvalue weighted by molar-refractivity contribution is 7.86. The van der Waals surface area contributed by atoms with E-state index in [1.54, 1.807) is 17.8 Å². The molecule has 0 bridgehead atoms. The summed E-state index contributed by atoms with van der Waals surface area (Å²) in [6.45, 7) is 1.88. The predicted molar refractivity (Wildman–Crippen MR) is 102 cm³/mol. The monoisotopic (exact) mass is 418 g/mol. The molecule has 150 valence electrons. The molecule has 0 aromatic carbocycles. The first-order chi connectivity index (χ1) is 13.7. The first-order valence-corrected chi connectivity index (χ1v) is 10.3. The van der Waals surface area contributed by atoms with Gasteiger partial charge in [0.15, 0.2) is 11.5 Å². The minimum absolute atomic E-state index is 0.117. The first-order valence-electron chi connectivity index (χ1n) is 8.94. The van der Waals surface area contributed by atoms with Gasteiger partial charge in [-0.1, -0.05) is 17.6 Å². The van der Waals surface area contributed by atoms with Gasteiger partial charge < -0.3 is 4.57 Å². The van der Waals surface area contributed by atoms with Gasteiger partial charge in [0.2, 0.25) is 0 Å². The summed E-state index contributed by atoms with van der Waals surface area (Å²) in [5.74, 6) is 0.909. The van der Waals surface area contributed by atoms with E-state index in [-0.39, 0.29) is 5.52 Å². The average molecular weight is 418 g/mol. The molecule has 1 unspecified atom stereocenters. The van der Waals surface area contributed by atoms with Gasteiger partial charge in [0.1, 0.15) is 11.2 Å². The highest BCUT2D eigenvalue weighted by Gasteiger charge is 2.45. The van der Waals surface area contributed by atoms with Crippen molar-refractivity contribution in [3.05, 3.63) is 35.7 Å². The number of nitrogens with zero attached hydrogens (tertiary/aromatic N) is 5. The lowest BCUT2D eigenvalue weighted by Crippen LogP contribution is -2.08. The number of aromatic nitrogens is 4. The summed E-state index contributed by atoms with van der Waals surface area (Å²) in [7, 11) is 0.767. The van der Waals surface area contributed by atoms with E-state index in [0.717, 1.165) is 30.7 Å². The minimum atomic E-state index is -4.50. The van der Waals surface area contributed by atoms with Crippen LogP contribution in [0.25, 0.3) is 22.7 Å². The Kier molecular flexibility index (Phi) is 4.46. The summed E-state index contributed by atoms with van der Waals surface area (Å²) in [6, 6.07) is 5.14. The second-order valence-electron chi connectivity index (χ2n) is 7.00. The molecule has 0 amide bonds. The molecule has 1 fully saturated rings. The third-order valence-electron chi connectivity index (χ3n) is 5.17. The zero-order chi connectivity index (χ0) is 21.0. The van der Waals surface area contributed by atoms with Gasteiger partial charge in [-0.15, -0.1) is 0 Å². The molecule has 4 rings (SSSR count). The van der Waals surface area contributed by atoms with Crippen molar-refractivity contribution in [1.29, 1.82) is 10.0 Å². The van der Waals surface area contributed by atoms with Crippen LogP contribution in [0.3, 0.4) is 0 Å². The van der Waals surface area contributed by atoms with Crippen molar-refractivity contribution in [2.75, 3.05) is 5.75 Å². The predicted octanol–water partition coefficient (Wildman–Crippen LogP) is 4.36. The van der Waals surface area contributed by atoms with Crippen molar-refractivity contribution in [1.82, 2.24) is 19.5 Å². The summed E-state index contributed by atoms with van der Waals surface area (Å²) < 4.78 is 49.1. The fourth-order valence-electron chi connectivity index (χ4n) is 3.25. The topological polar surface area (TPSA) is 91.2 Å². The number of hydrogen-bond donors (Lipinski definition) is 1. The van der Waals surface area contributed by atoms with Crippen LogP contribution in [-0.2, 0) is 29.3 Å². The molecule has 0 radical (unpaired) electrons. The molecule has 1 saturated carbocycles. The lowest BCUT2D eigenvalue weighted by molar-refractivity contribution is -0.137. The van der Waals surface area contributed by atoms with Crippen molar-refractivity contribution < 1.29 is 13.2 Å². The second kappa shape index (κ2) is 6.62. The third kappa shape index (κ3) is 3.19. The van der Waals surface area contributed by atoms with E-state index in [1.165, 1.54) is 0 Å². The first kappa shape index (κ1) is 19.5. The Labute approximate surface area is 167 Å². The highest BCUT2D eigenvalue weighted by Crippen LogP contribution is 2.48. The number of nitrogens with one attached hydrogen (secondary N) is 1. The number of hydrogen-bond acceptors (Lipinski definition) is 5. The van der Waals surface area contributed by atoms with Crippen molar-refractivity contribution in [2.45, 2.75) is 36.3 Å². The van der Waals surface area contributed by atoms with Crippen molar-refractivity contribution in [3.63, 3.8) is 0 Å². The SMILES string of the molecule is CCS(=N)c1cc(C2(C#N)CC2)cnc1-c1nc2cc(C(F)(F)F)cnc2n1C. The van der Waals surface area contributed by atoms with E-state index >= 15 is 0 Å². The molecule has 3 aromatic heterocycles. The second-order valence-corrected chi connectivity index (χ2v) is 8.80. The number of pyridine rings is 2. The van der Waals surface area contributed by atoms with Crippen LogP contribution in [0.1, 0.15) is 30.9 Å². The lowest BCUT2D eigenvalue weighted by atomic mass is 9.99. The smallest absolute Gasteiger partial charge is 0.310 e. The Morgan fingerprint density at radius 2 is 2.00 bits per heavy atom. The van der Waals surface area contributed by atoms with Crippen LogP contribution < -0.4 is 0 Å². The lowest BCUT2D eigenvalue weighted by Gasteiger charge is -2.13. The third-order valence-corrected chi connectivity index (χ3v) is 6.59. The molecule has 0 saturated heterocycles. The summed E-state index contributed by atoms with van der Waals surface area (Å²) in [6.07, 6.45) is -0.571. The molecule has 0 spiro atoms. The normalized spacial score (nSPS) is 16.6. The molecular formula is C19H17F3N6S. The van der Waals surface area contributed by atoms with Crippen molar-refractivity contribution in [3.8, 4) is 17.6 Å². The van der Waals surface area contributed by atoms with Gasteiger partial charge in [0.25, 0.3) is 0 Å². The highest BCUT2D eigenvalue weighted by atomic mass is 32.2. The minimum Gasteiger partial charge on any atom is -0.310 e. The van der Waals surface area contributed by atoms with Gasteiger partial charge in [0, 0.05) is 30.1 Å². The van der Waals surface area contributed by atoms with Gasteiger partial charge in [-0.2, -0.15) is 18.4 Å². The van der Waals surface area contributed by atoms with Crippen LogP contribution in [0.5, 0.6) is 0 Å². The number of nitriles is 1. The van der Waals surface area contributed by atoms with E-state index in [1.807, 2.05) is 13.0 Å². The van der Waals surface area contributed by atoms with Gasteiger partial charge >= 0.3 is 6.18 Å². The molecule has 1 aliphatic rings. The van der Waals surface area contributed by atoms with Crippen molar-refractivity contribution in [2.24, 2.45) is 7.05 Å². The Balaban J connectivity index is 1.90. The molecule has 10 heteroatoms. The maximum absolute atomic E-state index is 13.0. The molecule has 3 heterocycles. The van der Waals surface area contributed by atoms with E-state index in [4.69, 9.17) is 4.78 Å². The molecule has 29 heavy (non-hydrogen) atoms. The van der Waals surface area contributed by atoms with E-state index < -0.39 is 27.8 Å². The van der Waals surface area contributed by atoms with Gasteiger partial charge in [0.05, 0.1) is 17.0 Å². The number of imidazole rings is 1. The molecule has 0 aliphatic heterocycles. The fraction of sp³-hybridized carbons (Fsp3) is 0.368. The summed E-state index contributed by atoms with van der Waals surface area (Å²) in [5.41, 5.74) is 0.253. The van der Waals surface area contributed by atoms with E-state index in [9.17, 15) is 18.4 Å². The van der Waals surface area contributed by atoms with Crippen LogP contribution in [0.4, 0.5) is 13.2 Å². The van der Waals surface area contributed by atoms with Gasteiger partial charge in [-0.3, -0.25) is 9.76 Å². The van der Waals surface area contributed by atoms with Crippen LogP contribution >= 0.6 is 0 Å². The van der Waals surface area contributed by atoms with Crippen LogP contribution in [0, 0.1) is 16.1 Å². The summed E-state index contributed by atoms with van der Waals surface area (Å²) in [5, 5.41) is 9.48. The summed E-state index contributed by atoms with van der Waals surface area (Å²) in [4.78, 5) is 13.4. The number of fused-ring (bicyclic) bond motifs is 1. The Bertz CT molecular complexity index is 1190. The van der Waals surface area contributed by atoms with Gasteiger partial charge in [-0.05, 0) is 30.5 Å². The van der Waals surface area contributed by atoms with Crippen LogP contribution in [-0.4, -0.2) is 25.3 Å². The van der Waals surface area contributed by atoms with E-state index in [0.29, 0.717) is 27.8 Å². The van der Waals surface area contributed by atoms with Crippen molar-refractivity contribution >= 4 is 21.9 Å². The average Bonchev–Trinajstić information content (AvgIpc) is 3.44. The molecule has 1 atom stereocenters. The molecule has 3 aromatic rings. The van der Waals surface area contributed by atoms with E-state index in [2.05, 4.69) is 21.0 Å². The molecule has 1 N–H and O–H groups in total. The van der Waals surface area contributed by atoms with Gasteiger partial charge in [-0.25, -0.2) is 9.97 Å². The Morgan fingerprint density at radius 1 is 1.28 bits per heavy atom. The quantitative estimate of drug-likeness (QED) is 0.681. The number of aryl methyl sites for hydroxylation is 1. The Hall–Kier alpha value is -2.80. The largest absolute Gasteiger partial charge is 0.417 e. The zero-order valence-electron chi connectivity index (χ0n) is 15.7. The zero-order valence-corrected chi connectivity index (χ0v) is 16.5. The van der Waals surface area contributed by atoms with Crippen LogP contribution in [0.15, 0.2) is 29.4 Å². The number of alkyl halides is 3. The number of halogens is 3. The van der Waals surface area contributed by atoms with Crippen LogP contribution in [0.2, 0.25) is 0 Å². The fourth-order valence-corrected chi connectivity index (χ4v) is 4.21. The molecule has 1 aliphatic carbocycles. The maximum atomic E-state index is 13.0.